The minimum atomic E-state index is -3.86. The number of methoxy groups -OCH3 is 1. The van der Waals surface area contributed by atoms with Crippen molar-refractivity contribution in [3.63, 3.8) is 0 Å². The first kappa shape index (κ1) is 29.6. The summed E-state index contributed by atoms with van der Waals surface area (Å²) in [6.45, 7) is 2.61. The van der Waals surface area contributed by atoms with Crippen molar-refractivity contribution in [3.05, 3.63) is 64.9 Å². The summed E-state index contributed by atoms with van der Waals surface area (Å²) in [5.41, 5.74) is 1.36. The normalized spacial score (nSPS) is 22.0. The molecule has 41 heavy (non-hydrogen) atoms. The molecule has 10 nitrogen and oxygen atoms in total. The molecule has 1 aromatic carbocycles. The van der Waals surface area contributed by atoms with Gasteiger partial charge in [0.2, 0.25) is 11.8 Å². The van der Waals surface area contributed by atoms with E-state index in [-0.39, 0.29) is 27.1 Å². The molecule has 2 fully saturated rings. The van der Waals surface area contributed by atoms with Gasteiger partial charge in [0.15, 0.2) is 5.82 Å². The van der Waals surface area contributed by atoms with Crippen LogP contribution in [0.4, 0.5) is 11.8 Å². The van der Waals surface area contributed by atoms with E-state index in [1.165, 1.54) is 19.2 Å². The third kappa shape index (κ3) is 7.69. The molecule has 218 valence electrons. The molecule has 1 saturated carbocycles. The number of halogens is 1. The summed E-state index contributed by atoms with van der Waals surface area (Å²) in [5, 5.41) is 3.60. The second kappa shape index (κ2) is 13.4. The van der Waals surface area contributed by atoms with Crippen LogP contribution < -0.4 is 14.8 Å². The van der Waals surface area contributed by atoms with Crippen LogP contribution in [0.2, 0.25) is 5.02 Å². The predicted molar refractivity (Wildman–Crippen MR) is 164 cm³/mol. The lowest BCUT2D eigenvalue weighted by atomic mass is 9.90. The van der Waals surface area contributed by atoms with Crippen LogP contribution in [0.25, 0.3) is 12.2 Å². The Hall–Kier alpha value is -2.90. The van der Waals surface area contributed by atoms with Crippen LogP contribution >= 0.6 is 24.2 Å². The highest BCUT2D eigenvalue weighted by molar-refractivity contribution is 7.92. The van der Waals surface area contributed by atoms with Crippen LogP contribution in [0.3, 0.4) is 0 Å². The van der Waals surface area contributed by atoms with Crippen LogP contribution in [0, 0.1) is 0 Å². The Morgan fingerprint density at radius 3 is 2.54 bits per heavy atom. The molecule has 0 radical (unpaired) electrons. The van der Waals surface area contributed by atoms with Crippen LogP contribution in [0.15, 0.2) is 53.7 Å². The number of pyridine rings is 1. The lowest BCUT2D eigenvalue weighted by molar-refractivity contribution is -0.00769. The van der Waals surface area contributed by atoms with Gasteiger partial charge < -0.3 is 14.8 Å². The smallest absolute Gasteiger partial charge is 0.263 e. The number of rotatable bonds is 9. The van der Waals surface area contributed by atoms with E-state index in [0.717, 1.165) is 50.9 Å². The number of thiol groups is 1. The minimum absolute atomic E-state index is 0.00928. The highest BCUT2D eigenvalue weighted by Gasteiger charge is 2.29. The average Bonchev–Trinajstić information content (AvgIpc) is 2.98. The maximum atomic E-state index is 12.7. The van der Waals surface area contributed by atoms with Crippen molar-refractivity contribution < 1.29 is 17.9 Å². The van der Waals surface area contributed by atoms with Crippen molar-refractivity contribution >= 4 is 58.2 Å². The molecular weight excluding hydrogens is 584 g/mol. The third-order valence-electron chi connectivity index (χ3n) is 7.20. The first-order valence-electron chi connectivity index (χ1n) is 13.4. The number of hydrogen-bond acceptors (Lipinski definition) is 10. The molecular formula is C28H33ClN6O4S2. The lowest BCUT2D eigenvalue weighted by Crippen LogP contribution is -2.48. The number of benzene rings is 1. The number of sulfonamides is 1. The molecule has 1 aliphatic heterocycles. The fourth-order valence-corrected chi connectivity index (χ4v) is 6.68. The van der Waals surface area contributed by atoms with Crippen molar-refractivity contribution in [1.82, 2.24) is 19.9 Å². The van der Waals surface area contributed by atoms with Crippen molar-refractivity contribution in [1.29, 1.82) is 0 Å². The fraction of sp³-hybridized carbons (Fsp3) is 0.393. The molecule has 5 rings (SSSR count). The molecule has 2 N–H and O–H groups in total. The molecule has 3 heterocycles. The first-order valence-corrected chi connectivity index (χ1v) is 15.8. The highest BCUT2D eigenvalue weighted by Crippen LogP contribution is 2.30. The van der Waals surface area contributed by atoms with Crippen LogP contribution in [-0.4, -0.2) is 72.6 Å². The summed E-state index contributed by atoms with van der Waals surface area (Å²) in [6.07, 6.45) is 11.4. The Balaban J connectivity index is 1.18. The average molecular weight is 617 g/mol. The fourth-order valence-electron chi connectivity index (χ4n) is 5.06. The Bertz CT molecular complexity index is 1450. The number of ether oxygens (including phenoxy) is 2. The van der Waals surface area contributed by atoms with Gasteiger partial charge in [0.25, 0.3) is 10.0 Å². The van der Waals surface area contributed by atoms with Crippen LogP contribution in [0.5, 0.6) is 5.88 Å². The number of nitrogens with zero attached hydrogens (tertiary/aromatic N) is 4. The molecule has 2 aromatic heterocycles. The van der Waals surface area contributed by atoms with E-state index in [2.05, 4.69) is 42.5 Å². The predicted octanol–water partition coefficient (Wildman–Crippen LogP) is 4.82. The van der Waals surface area contributed by atoms with Gasteiger partial charge in [-0.3, -0.25) is 9.62 Å². The zero-order chi connectivity index (χ0) is 28.8. The SMILES string of the molecule is COc1nc(NS(=O)(=O)c2ccccc2)c(Cl)cc1/C=C/c1cnc(NC2CCC(N3CCOC(S)C3)CC2)nc1. The molecule has 13 heteroatoms. The Morgan fingerprint density at radius 1 is 1.12 bits per heavy atom. The largest absolute Gasteiger partial charge is 0.481 e. The second-order valence-electron chi connectivity index (χ2n) is 9.98. The molecule has 1 aliphatic carbocycles. The van der Waals surface area contributed by atoms with Gasteiger partial charge in [0, 0.05) is 48.7 Å². The highest BCUT2D eigenvalue weighted by atomic mass is 35.5. The molecule has 0 amide bonds. The van der Waals surface area contributed by atoms with Gasteiger partial charge in [0.05, 0.1) is 23.6 Å². The maximum absolute atomic E-state index is 12.7. The maximum Gasteiger partial charge on any atom is 0.263 e. The van der Waals surface area contributed by atoms with E-state index in [1.807, 2.05) is 6.08 Å². The van der Waals surface area contributed by atoms with E-state index in [9.17, 15) is 8.42 Å². The lowest BCUT2D eigenvalue weighted by Gasteiger charge is -2.40. The van der Waals surface area contributed by atoms with Crippen molar-refractivity contribution in [3.8, 4) is 5.88 Å². The number of anilines is 2. The zero-order valence-corrected chi connectivity index (χ0v) is 25.1. The number of aromatic nitrogens is 3. The Morgan fingerprint density at radius 2 is 1.85 bits per heavy atom. The Kier molecular flexibility index (Phi) is 9.66. The van der Waals surface area contributed by atoms with Crippen LogP contribution in [0.1, 0.15) is 36.8 Å². The van der Waals surface area contributed by atoms with Gasteiger partial charge in [-0.2, -0.15) is 4.98 Å². The van der Waals surface area contributed by atoms with E-state index < -0.39 is 10.0 Å². The number of nitrogens with one attached hydrogen (secondary N) is 2. The second-order valence-corrected chi connectivity index (χ2v) is 12.6. The van der Waals surface area contributed by atoms with Crippen LogP contribution in [-0.2, 0) is 14.8 Å². The first-order chi connectivity index (χ1) is 19.8. The quantitative estimate of drug-likeness (QED) is 0.291. The molecule has 2 aliphatic rings. The summed E-state index contributed by atoms with van der Waals surface area (Å²) in [6, 6.07) is 10.5. The van der Waals surface area contributed by atoms with Gasteiger partial charge in [-0.15, -0.1) is 12.6 Å². The minimum Gasteiger partial charge on any atom is -0.481 e. The number of morpholine rings is 1. The molecule has 0 spiro atoms. The third-order valence-corrected chi connectivity index (χ3v) is 9.15. The van der Waals surface area contributed by atoms with Crippen molar-refractivity contribution in [2.75, 3.05) is 36.8 Å². The van der Waals surface area contributed by atoms with Gasteiger partial charge in [-0.05, 0) is 50.0 Å². The van der Waals surface area contributed by atoms with Gasteiger partial charge >= 0.3 is 0 Å². The topological polar surface area (TPSA) is 119 Å². The van der Waals surface area contributed by atoms with Crippen molar-refractivity contribution in [2.45, 2.75) is 48.1 Å². The molecule has 3 aromatic rings. The van der Waals surface area contributed by atoms with Gasteiger partial charge in [0.1, 0.15) is 5.44 Å². The monoisotopic (exact) mass is 616 g/mol. The summed E-state index contributed by atoms with van der Waals surface area (Å²) in [5.74, 6) is 0.797. The van der Waals surface area contributed by atoms with E-state index >= 15 is 0 Å². The standard InChI is InChI=1S/C28H33ClN6O4S2/c1-38-27-20(15-24(29)26(33-27)34-41(36,37)23-5-3-2-4-6-23)8-7-19-16-30-28(31-17-19)32-21-9-11-22(12-10-21)35-13-14-39-25(40)18-35/h2-8,15-17,21-22,25,40H,9-14,18H2,1H3,(H,33,34)(H,30,31,32)/b8-7+. The van der Waals surface area contributed by atoms with E-state index in [1.54, 1.807) is 42.7 Å². The molecule has 0 bridgehead atoms. The zero-order valence-electron chi connectivity index (χ0n) is 22.6. The summed E-state index contributed by atoms with van der Waals surface area (Å²) < 4.78 is 38.8. The summed E-state index contributed by atoms with van der Waals surface area (Å²) in [7, 11) is -2.40. The summed E-state index contributed by atoms with van der Waals surface area (Å²) in [4.78, 5) is 15.9. The number of hydrogen-bond donors (Lipinski definition) is 3. The van der Waals surface area contributed by atoms with Gasteiger partial charge in [-0.25, -0.2) is 18.4 Å². The van der Waals surface area contributed by atoms with E-state index in [0.29, 0.717) is 23.6 Å². The Labute approximate surface area is 251 Å². The van der Waals surface area contributed by atoms with Crippen molar-refractivity contribution in [2.24, 2.45) is 0 Å². The summed E-state index contributed by atoms with van der Waals surface area (Å²) >= 11 is 10.9. The molecule has 1 saturated heterocycles. The molecule has 1 atom stereocenters. The van der Waals surface area contributed by atoms with Gasteiger partial charge in [-0.1, -0.05) is 35.9 Å². The molecule has 1 unspecified atom stereocenters. The van der Waals surface area contributed by atoms with E-state index in [4.69, 9.17) is 21.1 Å².